The van der Waals surface area contributed by atoms with Crippen LogP contribution in [0, 0.1) is 11.6 Å². The van der Waals surface area contributed by atoms with E-state index in [4.69, 9.17) is 4.74 Å². The van der Waals surface area contributed by atoms with Crippen LogP contribution in [0.3, 0.4) is 0 Å². The number of nitrogens with zero attached hydrogens (tertiary/aromatic N) is 2. The minimum atomic E-state index is -0.843. The van der Waals surface area contributed by atoms with Gasteiger partial charge in [-0.25, -0.2) is 8.78 Å². The average Bonchev–Trinajstić information content (AvgIpc) is 2.97. The molecule has 39 heavy (non-hydrogen) atoms. The predicted octanol–water partition coefficient (Wildman–Crippen LogP) is 6.71. The largest absolute Gasteiger partial charge is 0.497 e. The van der Waals surface area contributed by atoms with Crippen molar-refractivity contribution in [2.75, 3.05) is 30.4 Å². The zero-order valence-electron chi connectivity index (χ0n) is 21.7. The summed E-state index contributed by atoms with van der Waals surface area (Å²) in [6.45, 7) is 1.87. The molecule has 2 heterocycles. The predicted molar refractivity (Wildman–Crippen MR) is 149 cm³/mol. The van der Waals surface area contributed by atoms with Crippen molar-refractivity contribution in [2.45, 2.75) is 25.0 Å². The van der Waals surface area contributed by atoms with Gasteiger partial charge in [-0.05, 0) is 65.2 Å². The highest BCUT2D eigenvalue weighted by atomic mass is 19.2. The van der Waals surface area contributed by atoms with E-state index in [1.165, 1.54) is 12.1 Å². The Morgan fingerprint density at radius 3 is 2.28 bits per heavy atom. The molecule has 0 bridgehead atoms. The fourth-order valence-corrected chi connectivity index (χ4v) is 5.69. The summed E-state index contributed by atoms with van der Waals surface area (Å²) in [5.74, 6) is -1.01. The number of piperidine rings is 1. The van der Waals surface area contributed by atoms with Crippen LogP contribution in [0.15, 0.2) is 91.0 Å². The maximum atomic E-state index is 14.1. The van der Waals surface area contributed by atoms with Crippen molar-refractivity contribution in [3.8, 4) is 16.9 Å². The topological polar surface area (TPSA) is 44.8 Å². The Hall–Kier alpha value is -4.23. The summed E-state index contributed by atoms with van der Waals surface area (Å²) in [6, 6.07) is 27.7. The molecule has 1 saturated heterocycles. The van der Waals surface area contributed by atoms with Crippen molar-refractivity contribution in [1.29, 1.82) is 0 Å². The van der Waals surface area contributed by atoms with Gasteiger partial charge in [0.25, 0.3) is 5.91 Å². The van der Waals surface area contributed by atoms with Gasteiger partial charge in [0.1, 0.15) is 11.4 Å². The lowest BCUT2D eigenvalue weighted by Gasteiger charge is -2.52. The van der Waals surface area contributed by atoms with Gasteiger partial charge < -0.3 is 10.1 Å². The van der Waals surface area contributed by atoms with E-state index in [0.717, 1.165) is 33.8 Å². The number of fused-ring (bicyclic) bond motifs is 1. The Labute approximate surface area is 226 Å². The van der Waals surface area contributed by atoms with Gasteiger partial charge in [-0.15, -0.1) is 0 Å². The average molecular weight is 526 g/mol. The van der Waals surface area contributed by atoms with Crippen LogP contribution in [-0.2, 0) is 6.54 Å². The number of nitrogens with one attached hydrogen (secondary N) is 1. The van der Waals surface area contributed by atoms with Gasteiger partial charge in [0.15, 0.2) is 11.6 Å². The van der Waals surface area contributed by atoms with Gasteiger partial charge in [-0.3, -0.25) is 14.6 Å². The Balaban J connectivity index is 1.33. The van der Waals surface area contributed by atoms with Crippen LogP contribution in [0.4, 0.5) is 20.2 Å². The molecule has 1 fully saturated rings. The molecule has 0 unspecified atom stereocenters. The maximum Gasteiger partial charge on any atom is 0.262 e. The molecule has 4 aromatic carbocycles. The van der Waals surface area contributed by atoms with Crippen LogP contribution in [0.1, 0.15) is 28.8 Å². The van der Waals surface area contributed by atoms with Crippen molar-refractivity contribution in [2.24, 2.45) is 0 Å². The van der Waals surface area contributed by atoms with Gasteiger partial charge in [0, 0.05) is 43.9 Å². The number of carbonyl (C=O) groups is 1. The molecule has 0 radical (unpaired) electrons. The molecule has 0 aliphatic carbocycles. The summed E-state index contributed by atoms with van der Waals surface area (Å²) >= 11 is 0. The van der Waals surface area contributed by atoms with E-state index in [2.05, 4.69) is 28.4 Å². The number of hydrogen-bond acceptors (Lipinski definition) is 4. The minimum Gasteiger partial charge on any atom is -0.497 e. The highest BCUT2D eigenvalue weighted by molar-refractivity contribution is 6.13. The number of amides is 1. The molecule has 2 aliphatic heterocycles. The van der Waals surface area contributed by atoms with E-state index in [1.807, 2.05) is 59.5 Å². The second kappa shape index (κ2) is 10.2. The number of hydrogen-bond donors (Lipinski definition) is 1. The quantitative estimate of drug-likeness (QED) is 0.315. The number of ether oxygens (including phenoxy) is 1. The molecule has 2 aliphatic rings. The Bertz CT molecular complexity index is 1500. The van der Waals surface area contributed by atoms with Gasteiger partial charge in [-0.2, -0.15) is 0 Å². The molecule has 1 amide bonds. The van der Waals surface area contributed by atoms with Crippen LogP contribution in [0.5, 0.6) is 5.75 Å². The second-order valence-corrected chi connectivity index (χ2v) is 10.1. The van der Waals surface area contributed by atoms with Gasteiger partial charge in [0.05, 0.1) is 12.7 Å². The number of methoxy groups -OCH3 is 1. The first-order valence-electron chi connectivity index (χ1n) is 13.1. The van der Waals surface area contributed by atoms with E-state index in [1.54, 1.807) is 13.2 Å². The second-order valence-electron chi connectivity index (χ2n) is 10.1. The van der Waals surface area contributed by atoms with E-state index >= 15 is 0 Å². The SMILES string of the molecule is COc1ccc(N2C(=O)c3ccc(-c4ccccc4)cc3NC23CCN(Cc2ccc(F)c(F)c2)CC3)cc1. The summed E-state index contributed by atoms with van der Waals surface area (Å²) < 4.78 is 32.6. The standard InChI is InChI=1S/C32H29F2N3O2/c1-39-26-11-9-25(10-12-26)37-31(38)27-13-8-24(23-5-3-2-4-6-23)20-30(27)35-32(37)15-17-36(18-16-32)21-22-7-14-28(33)29(34)19-22/h2-14,19-20,35H,15-18,21H2,1H3. The first kappa shape index (κ1) is 25.1. The van der Waals surface area contributed by atoms with Crippen LogP contribution in [0.2, 0.25) is 0 Å². The number of halogens is 2. The third-order valence-corrected chi connectivity index (χ3v) is 7.76. The van der Waals surface area contributed by atoms with Crippen molar-refractivity contribution in [1.82, 2.24) is 4.90 Å². The molecule has 0 atom stereocenters. The third kappa shape index (κ3) is 4.74. The zero-order valence-corrected chi connectivity index (χ0v) is 21.7. The smallest absolute Gasteiger partial charge is 0.262 e. The van der Waals surface area contributed by atoms with Crippen molar-refractivity contribution >= 4 is 17.3 Å². The Morgan fingerprint density at radius 2 is 1.59 bits per heavy atom. The van der Waals surface area contributed by atoms with E-state index in [0.29, 0.717) is 38.0 Å². The molecule has 198 valence electrons. The van der Waals surface area contributed by atoms with Crippen molar-refractivity contribution in [3.05, 3.63) is 114 Å². The van der Waals surface area contributed by atoms with E-state index < -0.39 is 17.3 Å². The molecule has 1 N–H and O–H groups in total. The van der Waals surface area contributed by atoms with Gasteiger partial charge in [0.2, 0.25) is 0 Å². The highest BCUT2D eigenvalue weighted by Crippen LogP contribution is 2.42. The van der Waals surface area contributed by atoms with Crippen LogP contribution >= 0.6 is 0 Å². The Kier molecular flexibility index (Phi) is 6.53. The van der Waals surface area contributed by atoms with Crippen molar-refractivity contribution in [3.63, 3.8) is 0 Å². The molecule has 7 heteroatoms. The third-order valence-electron chi connectivity index (χ3n) is 7.76. The van der Waals surface area contributed by atoms with E-state index in [9.17, 15) is 13.6 Å². The number of rotatable bonds is 5. The summed E-state index contributed by atoms with van der Waals surface area (Å²) in [6.07, 6.45) is 1.31. The number of carbonyl (C=O) groups excluding carboxylic acids is 1. The molecule has 6 rings (SSSR count). The van der Waals surface area contributed by atoms with Gasteiger partial charge in [-0.1, -0.05) is 42.5 Å². The lowest BCUT2D eigenvalue weighted by molar-refractivity contribution is 0.0904. The number of benzene rings is 4. The van der Waals surface area contributed by atoms with Gasteiger partial charge >= 0.3 is 0 Å². The monoisotopic (exact) mass is 525 g/mol. The van der Waals surface area contributed by atoms with E-state index in [-0.39, 0.29) is 5.91 Å². The molecule has 1 spiro atoms. The summed E-state index contributed by atoms with van der Waals surface area (Å²) in [7, 11) is 1.62. The molecule has 0 saturated carbocycles. The summed E-state index contributed by atoms with van der Waals surface area (Å²) in [5, 5.41) is 3.77. The molecule has 0 aromatic heterocycles. The van der Waals surface area contributed by atoms with Crippen LogP contribution in [0.25, 0.3) is 11.1 Å². The fourth-order valence-electron chi connectivity index (χ4n) is 5.69. The molecular weight excluding hydrogens is 496 g/mol. The number of likely N-dealkylation sites (tertiary alicyclic amines) is 1. The highest BCUT2D eigenvalue weighted by Gasteiger charge is 2.47. The summed E-state index contributed by atoms with van der Waals surface area (Å²) in [4.78, 5) is 18.2. The maximum absolute atomic E-state index is 14.1. The first-order valence-corrected chi connectivity index (χ1v) is 13.1. The van der Waals surface area contributed by atoms with Crippen LogP contribution < -0.4 is 15.0 Å². The zero-order chi connectivity index (χ0) is 27.0. The Morgan fingerprint density at radius 1 is 0.846 bits per heavy atom. The first-order chi connectivity index (χ1) is 19.0. The van der Waals surface area contributed by atoms with Crippen LogP contribution in [-0.4, -0.2) is 36.7 Å². The number of anilines is 2. The lowest BCUT2D eigenvalue weighted by atomic mass is 9.88. The molecule has 5 nitrogen and oxygen atoms in total. The normalized spacial score (nSPS) is 16.6. The molecule has 4 aromatic rings. The summed E-state index contributed by atoms with van der Waals surface area (Å²) in [5.41, 5.74) is 4.45. The minimum absolute atomic E-state index is 0.0532. The molecular formula is C32H29F2N3O2. The van der Waals surface area contributed by atoms with Crippen molar-refractivity contribution < 1.29 is 18.3 Å². The lowest BCUT2D eigenvalue weighted by Crippen LogP contribution is -2.64. The fraction of sp³-hybridized carbons (Fsp3) is 0.219.